The van der Waals surface area contributed by atoms with Crippen LogP contribution >= 0.6 is 0 Å². The highest BCUT2D eigenvalue weighted by atomic mass is 16.6. The molecule has 0 atom stereocenters. The van der Waals surface area contributed by atoms with Crippen LogP contribution in [-0.4, -0.2) is 52.4 Å². The number of rotatable bonds is 6. The van der Waals surface area contributed by atoms with Gasteiger partial charge in [0, 0.05) is 23.5 Å². The molecule has 14 heteroatoms. The van der Waals surface area contributed by atoms with Crippen molar-refractivity contribution >= 4 is 45.6 Å². The lowest BCUT2D eigenvalue weighted by molar-refractivity contribution is 0.214. The first-order chi connectivity index (χ1) is 22.8. The summed E-state index contributed by atoms with van der Waals surface area (Å²) in [6, 6.07) is 28.0. The molecule has 0 unspecified atom stereocenters. The van der Waals surface area contributed by atoms with E-state index in [2.05, 4.69) is 31.0 Å². The highest BCUT2D eigenvalue weighted by molar-refractivity contribution is 5.91. The molecule has 0 bridgehead atoms. The molecule has 0 aliphatic rings. The minimum Gasteiger partial charge on any atom is -0.505 e. The summed E-state index contributed by atoms with van der Waals surface area (Å²) in [4.78, 5) is 28.0. The number of ether oxygens (including phenoxy) is 2. The molecule has 14 nitrogen and oxygen atoms in total. The van der Waals surface area contributed by atoms with Crippen LogP contribution in [0.4, 0.5) is 21.0 Å². The zero-order chi connectivity index (χ0) is 32.5. The topological polar surface area (TPSA) is 179 Å². The van der Waals surface area contributed by atoms with E-state index < -0.39 is 12.2 Å². The van der Waals surface area contributed by atoms with Gasteiger partial charge in [0.15, 0.2) is 0 Å². The number of nitrogens with one attached hydrogen (secondary N) is 2. The smallest absolute Gasteiger partial charge is 0.417 e. The Bertz CT molecular complexity index is 2250. The van der Waals surface area contributed by atoms with Crippen LogP contribution in [0, 0.1) is 6.92 Å². The average molecular weight is 629 g/mol. The zero-order valence-corrected chi connectivity index (χ0v) is 24.5. The summed E-state index contributed by atoms with van der Waals surface area (Å²) >= 11 is 0. The van der Waals surface area contributed by atoms with Crippen molar-refractivity contribution in [2.24, 2.45) is 0 Å². The van der Waals surface area contributed by atoms with Gasteiger partial charge in [-0.05, 0) is 73.2 Å². The number of hydrogen-bond donors (Lipinski definition) is 4. The molecular formula is C33H24N8O6. The Balaban J connectivity index is 0.981. The van der Waals surface area contributed by atoms with Crippen LogP contribution in [-0.2, 0) is 0 Å². The molecule has 2 heterocycles. The SMILES string of the molecule is Cc1ccc(NC(=O)Oc2ccc(-n3nc4ccccc4n3)c(O)c2)cc1NC(=O)Oc1ccc(-n2nc3ccccc3n2)c(O)c1. The summed E-state index contributed by atoms with van der Waals surface area (Å²) < 4.78 is 10.7. The molecule has 4 N–H and O–H groups in total. The molecule has 2 aromatic heterocycles. The largest absolute Gasteiger partial charge is 0.505 e. The van der Waals surface area contributed by atoms with Crippen molar-refractivity contribution in [2.45, 2.75) is 6.92 Å². The Hall–Kier alpha value is -6.96. The van der Waals surface area contributed by atoms with Crippen LogP contribution in [0.1, 0.15) is 5.56 Å². The number of aromatic nitrogens is 6. The van der Waals surface area contributed by atoms with E-state index in [9.17, 15) is 19.8 Å². The summed E-state index contributed by atoms with van der Waals surface area (Å²) in [6.07, 6.45) is -1.65. The zero-order valence-electron chi connectivity index (χ0n) is 24.5. The molecule has 0 aliphatic carbocycles. The van der Waals surface area contributed by atoms with Gasteiger partial charge in [0.1, 0.15) is 56.4 Å². The van der Waals surface area contributed by atoms with Crippen molar-refractivity contribution < 1.29 is 29.3 Å². The number of nitrogens with zero attached hydrogens (tertiary/aromatic N) is 6. The third kappa shape index (κ3) is 6.06. The lowest BCUT2D eigenvalue weighted by Crippen LogP contribution is -2.19. The fourth-order valence-electron chi connectivity index (χ4n) is 4.73. The Kier molecular flexibility index (Phi) is 7.26. The van der Waals surface area contributed by atoms with E-state index in [0.717, 1.165) is 0 Å². The van der Waals surface area contributed by atoms with Crippen molar-refractivity contribution in [3.8, 4) is 34.4 Å². The second-order valence-electron chi connectivity index (χ2n) is 10.3. The molecule has 7 rings (SSSR count). The number of aromatic hydroxyl groups is 2. The fraction of sp³-hybridized carbons (Fsp3) is 0.0303. The Labute approximate surface area is 265 Å². The van der Waals surface area contributed by atoms with E-state index in [1.807, 2.05) is 24.3 Å². The van der Waals surface area contributed by atoms with Crippen molar-refractivity contribution in [1.29, 1.82) is 0 Å². The van der Waals surface area contributed by atoms with Gasteiger partial charge in [-0.2, -0.15) is 0 Å². The Morgan fingerprint density at radius 2 is 1.04 bits per heavy atom. The summed E-state index contributed by atoms with van der Waals surface area (Å²) in [7, 11) is 0. The Morgan fingerprint density at radius 3 is 1.49 bits per heavy atom. The van der Waals surface area contributed by atoms with Crippen LogP contribution in [0.25, 0.3) is 33.4 Å². The van der Waals surface area contributed by atoms with Gasteiger partial charge in [-0.25, -0.2) is 9.59 Å². The number of carbonyl (C=O) groups excluding carboxylic acids is 2. The summed E-state index contributed by atoms with van der Waals surface area (Å²) in [6.45, 7) is 1.77. The normalized spacial score (nSPS) is 11.0. The molecule has 47 heavy (non-hydrogen) atoms. The lowest BCUT2D eigenvalue weighted by Gasteiger charge is -2.13. The van der Waals surface area contributed by atoms with Crippen molar-refractivity contribution in [2.75, 3.05) is 10.6 Å². The minimum absolute atomic E-state index is 0.0837. The number of phenolic OH excluding ortho intramolecular Hbond substituents is 2. The van der Waals surface area contributed by atoms with E-state index >= 15 is 0 Å². The highest BCUT2D eigenvalue weighted by Gasteiger charge is 2.15. The third-order valence-electron chi connectivity index (χ3n) is 7.04. The fourth-order valence-corrected chi connectivity index (χ4v) is 4.73. The maximum Gasteiger partial charge on any atom is 0.417 e. The van der Waals surface area contributed by atoms with Crippen molar-refractivity contribution in [1.82, 2.24) is 30.0 Å². The molecule has 5 aromatic carbocycles. The van der Waals surface area contributed by atoms with Crippen LogP contribution in [0.15, 0.2) is 103 Å². The number of fused-ring (bicyclic) bond motifs is 2. The standard InChI is InChI=1S/C33H24N8O6/c1-19-10-11-20(34-32(44)46-21-12-14-28(30(42)17-21)40-36-23-6-2-3-7-24(23)37-40)16-27(19)35-33(45)47-22-13-15-29(31(43)18-22)41-38-25-8-4-5-9-26(25)39-41/h2-18,42-43H,1H3,(H,34,44)(H,35,45). The van der Waals surface area contributed by atoms with Crippen LogP contribution in [0.2, 0.25) is 0 Å². The van der Waals surface area contributed by atoms with Gasteiger partial charge in [-0.3, -0.25) is 10.6 Å². The van der Waals surface area contributed by atoms with E-state index in [-0.39, 0.29) is 23.0 Å². The monoisotopic (exact) mass is 628 g/mol. The number of benzene rings is 5. The molecular weight excluding hydrogens is 604 g/mol. The molecule has 0 fully saturated rings. The summed E-state index contributed by atoms with van der Waals surface area (Å²) in [5, 5.41) is 43.7. The molecule has 0 radical (unpaired) electrons. The van der Waals surface area contributed by atoms with E-state index in [1.54, 1.807) is 43.3 Å². The maximum absolute atomic E-state index is 12.7. The molecule has 232 valence electrons. The average Bonchev–Trinajstić information content (AvgIpc) is 3.67. The first-order valence-corrected chi connectivity index (χ1v) is 14.2. The molecule has 0 saturated heterocycles. The predicted molar refractivity (Wildman–Crippen MR) is 172 cm³/mol. The van der Waals surface area contributed by atoms with Crippen LogP contribution in [0.5, 0.6) is 23.0 Å². The van der Waals surface area contributed by atoms with Gasteiger partial charge >= 0.3 is 12.2 Å². The molecule has 2 amide bonds. The van der Waals surface area contributed by atoms with E-state index in [0.29, 0.717) is 50.4 Å². The predicted octanol–water partition coefficient (Wildman–Crippen LogP) is 6.10. The molecule has 0 saturated carbocycles. The second kappa shape index (κ2) is 11.9. The van der Waals surface area contributed by atoms with Crippen molar-refractivity contribution in [3.05, 3.63) is 109 Å². The van der Waals surface area contributed by atoms with Crippen LogP contribution < -0.4 is 20.1 Å². The molecule has 0 spiro atoms. The Morgan fingerprint density at radius 1 is 0.596 bits per heavy atom. The number of aryl methyl sites for hydroxylation is 1. The van der Waals surface area contributed by atoms with Gasteiger partial charge in [0.2, 0.25) is 0 Å². The molecule has 7 aromatic rings. The number of hydrogen-bond acceptors (Lipinski definition) is 10. The number of amides is 2. The van der Waals surface area contributed by atoms with Crippen LogP contribution in [0.3, 0.4) is 0 Å². The third-order valence-corrected chi connectivity index (χ3v) is 7.04. The number of anilines is 2. The first-order valence-electron chi connectivity index (χ1n) is 14.2. The van der Waals surface area contributed by atoms with Gasteiger partial charge in [0.05, 0.1) is 0 Å². The maximum atomic E-state index is 12.7. The van der Waals surface area contributed by atoms with Crippen molar-refractivity contribution in [3.63, 3.8) is 0 Å². The summed E-state index contributed by atoms with van der Waals surface area (Å²) in [5.74, 6) is -0.209. The number of carbonyl (C=O) groups is 2. The van der Waals surface area contributed by atoms with E-state index in [4.69, 9.17) is 9.47 Å². The quantitative estimate of drug-likeness (QED) is 0.168. The summed E-state index contributed by atoms with van der Waals surface area (Å²) in [5.41, 5.74) is 4.66. The van der Waals surface area contributed by atoms with Gasteiger partial charge in [-0.15, -0.1) is 30.0 Å². The molecule has 0 aliphatic heterocycles. The van der Waals surface area contributed by atoms with Gasteiger partial charge in [-0.1, -0.05) is 30.3 Å². The second-order valence-corrected chi connectivity index (χ2v) is 10.3. The van der Waals surface area contributed by atoms with Gasteiger partial charge < -0.3 is 19.7 Å². The minimum atomic E-state index is -0.826. The van der Waals surface area contributed by atoms with E-state index in [1.165, 1.54) is 52.1 Å². The highest BCUT2D eigenvalue weighted by Crippen LogP contribution is 2.29. The first kappa shape index (κ1) is 28.8. The lowest BCUT2D eigenvalue weighted by atomic mass is 10.2. The number of phenols is 2. The van der Waals surface area contributed by atoms with Gasteiger partial charge in [0.25, 0.3) is 0 Å².